The van der Waals surface area contributed by atoms with Crippen molar-refractivity contribution in [3.8, 4) is 5.75 Å². The predicted octanol–water partition coefficient (Wildman–Crippen LogP) is 3.72. The number of hydrogen-bond donors (Lipinski definition) is 1. The first-order valence-corrected chi connectivity index (χ1v) is 9.58. The zero-order chi connectivity index (χ0) is 19.1. The van der Waals surface area contributed by atoms with E-state index in [4.69, 9.17) is 4.74 Å². The summed E-state index contributed by atoms with van der Waals surface area (Å²) in [5, 5.41) is 3.25. The van der Waals surface area contributed by atoms with Crippen molar-refractivity contribution in [1.29, 1.82) is 0 Å². The van der Waals surface area contributed by atoms with Gasteiger partial charge in [-0.3, -0.25) is 4.79 Å². The van der Waals surface area contributed by atoms with E-state index in [0.717, 1.165) is 37.3 Å². The Kier molecular flexibility index (Phi) is 6.82. The second-order valence-electron chi connectivity index (χ2n) is 7.03. The monoisotopic (exact) mass is 370 g/mol. The molecule has 1 heterocycles. The number of carbonyl (C=O) groups excluding carboxylic acids is 1. The number of rotatable bonds is 7. The Morgan fingerprint density at radius 2 is 1.93 bits per heavy atom. The van der Waals surface area contributed by atoms with Crippen LogP contribution in [0, 0.1) is 5.82 Å². The van der Waals surface area contributed by atoms with Gasteiger partial charge in [-0.25, -0.2) is 4.39 Å². The largest absolute Gasteiger partial charge is 0.486 e. The Bertz CT molecular complexity index is 745. The molecule has 2 aromatic carbocycles. The number of nitrogens with zero attached hydrogens (tertiary/aromatic N) is 1. The van der Waals surface area contributed by atoms with Gasteiger partial charge in [0.1, 0.15) is 6.61 Å². The molecule has 27 heavy (non-hydrogen) atoms. The molecular formula is C22H27FN2O2. The lowest BCUT2D eigenvalue weighted by atomic mass is 9.95. The Morgan fingerprint density at radius 1 is 1.19 bits per heavy atom. The molecule has 4 nitrogen and oxygen atoms in total. The third-order valence-electron chi connectivity index (χ3n) is 5.02. The van der Waals surface area contributed by atoms with Crippen molar-refractivity contribution in [2.75, 3.05) is 26.2 Å². The van der Waals surface area contributed by atoms with E-state index in [2.05, 4.69) is 5.32 Å². The number of carbonyl (C=O) groups is 1. The molecule has 1 aliphatic heterocycles. The molecule has 0 saturated carbocycles. The van der Waals surface area contributed by atoms with Crippen LogP contribution < -0.4 is 10.1 Å². The Hall–Kier alpha value is -2.40. The van der Waals surface area contributed by atoms with Gasteiger partial charge in [-0.1, -0.05) is 43.3 Å². The second-order valence-corrected chi connectivity index (χ2v) is 7.03. The van der Waals surface area contributed by atoms with E-state index in [9.17, 15) is 9.18 Å². The quantitative estimate of drug-likeness (QED) is 0.808. The van der Waals surface area contributed by atoms with E-state index in [-0.39, 0.29) is 23.4 Å². The molecule has 144 valence electrons. The van der Waals surface area contributed by atoms with Gasteiger partial charge in [-0.05, 0) is 35.6 Å². The molecule has 1 aliphatic rings. The highest BCUT2D eigenvalue weighted by molar-refractivity contribution is 5.76. The molecule has 0 aromatic heterocycles. The van der Waals surface area contributed by atoms with Gasteiger partial charge >= 0.3 is 0 Å². The van der Waals surface area contributed by atoms with Crippen molar-refractivity contribution in [2.45, 2.75) is 32.3 Å². The number of benzene rings is 2. The molecule has 0 radical (unpaired) electrons. The summed E-state index contributed by atoms with van der Waals surface area (Å²) in [5.41, 5.74) is 1.90. The number of hydrogen-bond acceptors (Lipinski definition) is 3. The van der Waals surface area contributed by atoms with Crippen LogP contribution in [0.5, 0.6) is 5.75 Å². The van der Waals surface area contributed by atoms with Crippen molar-refractivity contribution in [3.63, 3.8) is 0 Å². The van der Waals surface area contributed by atoms with Crippen molar-refractivity contribution < 1.29 is 13.9 Å². The Balaban J connectivity index is 1.52. The van der Waals surface area contributed by atoms with E-state index in [0.29, 0.717) is 19.4 Å². The standard InChI is InChI=1S/C22H27FN2O2/c1-17(7-10-22(26)25-13-11-24-12-14-25)19-8-9-21(20(23)15-19)27-16-18-5-3-2-4-6-18/h2-6,8-9,15,17,24H,7,10-14,16H2,1H3. The van der Waals surface area contributed by atoms with E-state index >= 15 is 0 Å². The van der Waals surface area contributed by atoms with Gasteiger partial charge in [0.15, 0.2) is 11.6 Å². The van der Waals surface area contributed by atoms with E-state index in [1.165, 1.54) is 6.07 Å². The fraction of sp³-hybridized carbons (Fsp3) is 0.409. The SMILES string of the molecule is CC(CCC(=O)N1CCNCC1)c1ccc(OCc2ccccc2)c(F)c1. The maximum absolute atomic E-state index is 14.4. The number of piperazine rings is 1. The smallest absolute Gasteiger partial charge is 0.222 e. The highest BCUT2D eigenvalue weighted by atomic mass is 19.1. The molecule has 0 aliphatic carbocycles. The fourth-order valence-corrected chi connectivity index (χ4v) is 3.25. The number of ether oxygens (including phenoxy) is 1. The summed E-state index contributed by atoms with van der Waals surface area (Å²) in [6.45, 7) is 5.63. The zero-order valence-electron chi connectivity index (χ0n) is 15.8. The molecule has 1 atom stereocenters. The highest BCUT2D eigenvalue weighted by Crippen LogP contribution is 2.26. The van der Waals surface area contributed by atoms with Crippen molar-refractivity contribution >= 4 is 5.91 Å². The second kappa shape index (κ2) is 9.51. The Labute approximate surface area is 160 Å². The van der Waals surface area contributed by atoms with Crippen LogP contribution >= 0.6 is 0 Å². The molecule has 5 heteroatoms. The average molecular weight is 370 g/mol. The summed E-state index contributed by atoms with van der Waals surface area (Å²) >= 11 is 0. The van der Waals surface area contributed by atoms with Gasteiger partial charge in [-0.15, -0.1) is 0 Å². The number of nitrogens with one attached hydrogen (secondary N) is 1. The van der Waals surface area contributed by atoms with Crippen LogP contribution in [0.1, 0.15) is 36.8 Å². The minimum absolute atomic E-state index is 0.120. The molecule has 1 fully saturated rings. The van der Waals surface area contributed by atoms with E-state index in [1.54, 1.807) is 6.07 Å². The maximum atomic E-state index is 14.4. The summed E-state index contributed by atoms with van der Waals surface area (Å²) in [6.07, 6.45) is 1.21. The van der Waals surface area contributed by atoms with Gasteiger partial charge < -0.3 is 15.0 Å². The van der Waals surface area contributed by atoms with Crippen LogP contribution in [-0.4, -0.2) is 37.0 Å². The van der Waals surface area contributed by atoms with Gasteiger partial charge in [0.2, 0.25) is 5.91 Å². The van der Waals surface area contributed by atoms with Crippen molar-refractivity contribution in [1.82, 2.24) is 10.2 Å². The van der Waals surface area contributed by atoms with Crippen LogP contribution in [0.2, 0.25) is 0 Å². The molecule has 1 saturated heterocycles. The lowest BCUT2D eigenvalue weighted by molar-refractivity contribution is -0.131. The molecule has 1 N–H and O–H groups in total. The molecule has 1 unspecified atom stereocenters. The number of amides is 1. The summed E-state index contributed by atoms with van der Waals surface area (Å²) in [5.74, 6) is 0.205. The van der Waals surface area contributed by atoms with E-state index < -0.39 is 0 Å². The molecule has 0 bridgehead atoms. The number of halogens is 1. The molecule has 3 rings (SSSR count). The lowest BCUT2D eigenvalue weighted by Crippen LogP contribution is -2.46. The summed E-state index contributed by atoms with van der Waals surface area (Å²) < 4.78 is 20.0. The first-order chi connectivity index (χ1) is 13.1. The summed E-state index contributed by atoms with van der Waals surface area (Å²) in [6, 6.07) is 14.8. The van der Waals surface area contributed by atoms with Crippen molar-refractivity contribution in [3.05, 3.63) is 65.5 Å². The van der Waals surface area contributed by atoms with Gasteiger partial charge in [-0.2, -0.15) is 0 Å². The normalized spacial score (nSPS) is 15.4. The predicted molar refractivity (Wildman–Crippen MR) is 104 cm³/mol. The summed E-state index contributed by atoms with van der Waals surface area (Å²) in [4.78, 5) is 14.2. The van der Waals surface area contributed by atoms with Gasteiger partial charge in [0.05, 0.1) is 0 Å². The third kappa shape index (κ3) is 5.54. The molecule has 1 amide bonds. The average Bonchev–Trinajstić information content (AvgIpc) is 2.72. The Morgan fingerprint density at radius 3 is 2.63 bits per heavy atom. The zero-order valence-corrected chi connectivity index (χ0v) is 15.8. The van der Waals surface area contributed by atoms with Gasteiger partial charge in [0, 0.05) is 32.6 Å². The lowest BCUT2D eigenvalue weighted by Gasteiger charge is -2.27. The van der Waals surface area contributed by atoms with Crippen LogP contribution in [0.25, 0.3) is 0 Å². The first-order valence-electron chi connectivity index (χ1n) is 9.58. The van der Waals surface area contributed by atoms with Gasteiger partial charge in [0.25, 0.3) is 0 Å². The molecule has 0 spiro atoms. The molecule has 2 aromatic rings. The van der Waals surface area contributed by atoms with Crippen molar-refractivity contribution in [2.24, 2.45) is 0 Å². The highest BCUT2D eigenvalue weighted by Gasteiger charge is 2.18. The van der Waals surface area contributed by atoms with Crippen LogP contribution in [0.3, 0.4) is 0 Å². The third-order valence-corrected chi connectivity index (χ3v) is 5.02. The minimum atomic E-state index is -0.358. The van der Waals surface area contributed by atoms with E-state index in [1.807, 2.05) is 48.2 Å². The van der Waals surface area contributed by atoms with Crippen LogP contribution in [-0.2, 0) is 11.4 Å². The fourth-order valence-electron chi connectivity index (χ4n) is 3.25. The topological polar surface area (TPSA) is 41.6 Å². The maximum Gasteiger partial charge on any atom is 0.222 e. The molecular weight excluding hydrogens is 343 g/mol. The van der Waals surface area contributed by atoms with Crippen LogP contribution in [0.15, 0.2) is 48.5 Å². The van der Waals surface area contributed by atoms with Crippen LogP contribution in [0.4, 0.5) is 4.39 Å². The first kappa shape index (κ1) is 19.4. The summed E-state index contributed by atoms with van der Waals surface area (Å²) in [7, 11) is 0. The minimum Gasteiger partial charge on any atom is -0.486 e.